The first-order chi connectivity index (χ1) is 12.2. The molecule has 0 saturated carbocycles. The molecule has 0 atom stereocenters. The quantitative estimate of drug-likeness (QED) is 0.678. The highest BCUT2D eigenvalue weighted by molar-refractivity contribution is 7.09. The summed E-state index contributed by atoms with van der Waals surface area (Å²) >= 11 is 7.70. The van der Waals surface area contributed by atoms with Gasteiger partial charge < -0.3 is 14.1 Å². The molecule has 1 aliphatic rings. The SMILES string of the molecule is CN(Cc1csc(CN2CCOCC2)n1)c1nc2cc(Cl)ccc2o1. The molecule has 0 bridgehead atoms. The monoisotopic (exact) mass is 378 g/mol. The Labute approximate surface area is 155 Å². The fourth-order valence-corrected chi connectivity index (χ4v) is 3.80. The van der Waals surface area contributed by atoms with Crippen LogP contribution in [0, 0.1) is 0 Å². The van der Waals surface area contributed by atoms with Crippen LogP contribution in [-0.2, 0) is 17.8 Å². The maximum atomic E-state index is 6.00. The normalized spacial score (nSPS) is 15.8. The van der Waals surface area contributed by atoms with Crippen molar-refractivity contribution in [3.8, 4) is 0 Å². The van der Waals surface area contributed by atoms with E-state index in [9.17, 15) is 0 Å². The number of halogens is 1. The van der Waals surface area contributed by atoms with Crippen LogP contribution in [0.25, 0.3) is 11.1 Å². The number of benzene rings is 1. The van der Waals surface area contributed by atoms with E-state index >= 15 is 0 Å². The Morgan fingerprint density at radius 2 is 2.12 bits per heavy atom. The van der Waals surface area contributed by atoms with Crippen LogP contribution in [0.1, 0.15) is 10.7 Å². The second kappa shape index (κ2) is 7.29. The van der Waals surface area contributed by atoms with Crippen molar-refractivity contribution in [2.24, 2.45) is 0 Å². The van der Waals surface area contributed by atoms with Crippen LogP contribution in [0.2, 0.25) is 5.02 Å². The standard InChI is InChI=1S/C17H19ClN4O2S/c1-21(17-20-14-8-12(18)2-3-15(14)24-17)9-13-11-25-16(19-13)10-22-4-6-23-7-5-22/h2-3,8,11H,4-7,9-10H2,1H3. The fraction of sp³-hybridized carbons (Fsp3) is 0.412. The molecule has 132 valence electrons. The molecule has 0 aliphatic carbocycles. The molecule has 3 heterocycles. The van der Waals surface area contributed by atoms with E-state index in [2.05, 4.69) is 15.3 Å². The first-order valence-electron chi connectivity index (χ1n) is 8.18. The third-order valence-electron chi connectivity index (χ3n) is 4.13. The van der Waals surface area contributed by atoms with E-state index in [1.807, 2.05) is 18.0 Å². The van der Waals surface area contributed by atoms with Crippen molar-refractivity contribution < 1.29 is 9.15 Å². The molecule has 0 N–H and O–H groups in total. The third-order valence-corrected chi connectivity index (χ3v) is 5.24. The lowest BCUT2D eigenvalue weighted by Gasteiger charge is -2.25. The number of ether oxygens (including phenoxy) is 1. The highest BCUT2D eigenvalue weighted by Gasteiger charge is 2.15. The molecule has 2 aromatic heterocycles. The van der Waals surface area contributed by atoms with Gasteiger partial charge in [-0.05, 0) is 18.2 Å². The molecule has 4 rings (SSSR count). The van der Waals surface area contributed by atoms with Gasteiger partial charge in [0.1, 0.15) is 10.5 Å². The lowest BCUT2D eigenvalue weighted by Crippen LogP contribution is -2.35. The first-order valence-corrected chi connectivity index (χ1v) is 9.44. The summed E-state index contributed by atoms with van der Waals surface area (Å²) in [7, 11) is 1.95. The van der Waals surface area contributed by atoms with Gasteiger partial charge in [0.05, 0.1) is 32.0 Å². The zero-order valence-electron chi connectivity index (χ0n) is 13.9. The summed E-state index contributed by atoms with van der Waals surface area (Å²) in [4.78, 5) is 13.6. The molecule has 1 fully saturated rings. The van der Waals surface area contributed by atoms with E-state index in [1.165, 1.54) is 0 Å². The van der Waals surface area contributed by atoms with Gasteiger partial charge in [0, 0.05) is 30.5 Å². The van der Waals surface area contributed by atoms with Crippen molar-refractivity contribution in [1.82, 2.24) is 14.9 Å². The first kappa shape index (κ1) is 16.8. The number of oxazole rings is 1. The van der Waals surface area contributed by atoms with Gasteiger partial charge in [-0.3, -0.25) is 4.90 Å². The average Bonchev–Trinajstić information content (AvgIpc) is 3.22. The summed E-state index contributed by atoms with van der Waals surface area (Å²) in [5, 5.41) is 3.89. The average molecular weight is 379 g/mol. The lowest BCUT2D eigenvalue weighted by atomic mass is 10.3. The van der Waals surface area contributed by atoms with Crippen molar-refractivity contribution in [3.63, 3.8) is 0 Å². The molecule has 3 aromatic rings. The molecule has 0 amide bonds. The van der Waals surface area contributed by atoms with Gasteiger partial charge in [-0.1, -0.05) is 11.6 Å². The number of aromatic nitrogens is 2. The van der Waals surface area contributed by atoms with Crippen LogP contribution in [0.4, 0.5) is 6.01 Å². The molecule has 8 heteroatoms. The number of hydrogen-bond acceptors (Lipinski definition) is 7. The van der Waals surface area contributed by atoms with Crippen LogP contribution in [0.3, 0.4) is 0 Å². The van der Waals surface area contributed by atoms with Crippen LogP contribution in [-0.4, -0.2) is 48.2 Å². The maximum Gasteiger partial charge on any atom is 0.298 e. The van der Waals surface area contributed by atoms with E-state index in [0.29, 0.717) is 17.6 Å². The number of morpholine rings is 1. The van der Waals surface area contributed by atoms with Gasteiger partial charge in [-0.15, -0.1) is 11.3 Å². The van der Waals surface area contributed by atoms with Crippen molar-refractivity contribution in [2.75, 3.05) is 38.3 Å². The Morgan fingerprint density at radius 3 is 2.96 bits per heavy atom. The topological polar surface area (TPSA) is 54.6 Å². The minimum absolute atomic E-state index is 0.569. The zero-order chi connectivity index (χ0) is 17.2. The number of thiazole rings is 1. The highest BCUT2D eigenvalue weighted by atomic mass is 35.5. The van der Waals surface area contributed by atoms with E-state index in [4.69, 9.17) is 25.7 Å². The summed E-state index contributed by atoms with van der Waals surface area (Å²) in [6, 6.07) is 6.02. The Morgan fingerprint density at radius 1 is 1.28 bits per heavy atom. The van der Waals surface area contributed by atoms with E-state index in [1.54, 1.807) is 23.5 Å². The molecular formula is C17H19ClN4O2S. The van der Waals surface area contributed by atoms with Crippen molar-refractivity contribution in [2.45, 2.75) is 13.1 Å². The smallest absolute Gasteiger partial charge is 0.298 e. The van der Waals surface area contributed by atoms with Gasteiger partial charge in [0.15, 0.2) is 5.58 Å². The van der Waals surface area contributed by atoms with Gasteiger partial charge in [-0.2, -0.15) is 4.98 Å². The van der Waals surface area contributed by atoms with Gasteiger partial charge in [0.2, 0.25) is 0 Å². The van der Waals surface area contributed by atoms with Crippen LogP contribution >= 0.6 is 22.9 Å². The molecule has 0 spiro atoms. The molecule has 1 aliphatic heterocycles. The third kappa shape index (κ3) is 3.95. The number of hydrogen-bond donors (Lipinski definition) is 0. The predicted molar refractivity (Wildman–Crippen MR) is 99.3 cm³/mol. The van der Waals surface area contributed by atoms with Gasteiger partial charge in [-0.25, -0.2) is 4.98 Å². The second-order valence-corrected chi connectivity index (χ2v) is 7.46. The summed E-state index contributed by atoms with van der Waals surface area (Å²) in [6.45, 7) is 5.10. The highest BCUT2D eigenvalue weighted by Crippen LogP contribution is 2.25. The summed E-state index contributed by atoms with van der Waals surface area (Å²) in [5.74, 6) is 0. The van der Waals surface area contributed by atoms with Crippen molar-refractivity contribution >= 4 is 40.1 Å². The maximum absolute atomic E-state index is 6.00. The van der Waals surface area contributed by atoms with Crippen LogP contribution in [0.15, 0.2) is 28.0 Å². The number of nitrogens with zero attached hydrogens (tertiary/aromatic N) is 4. The fourth-order valence-electron chi connectivity index (χ4n) is 2.81. The zero-order valence-corrected chi connectivity index (χ0v) is 15.5. The van der Waals surface area contributed by atoms with E-state index < -0.39 is 0 Å². The minimum atomic E-state index is 0.569. The van der Waals surface area contributed by atoms with Gasteiger partial charge in [0.25, 0.3) is 6.01 Å². The molecule has 1 aromatic carbocycles. The number of fused-ring (bicyclic) bond motifs is 1. The van der Waals surface area contributed by atoms with Gasteiger partial charge >= 0.3 is 0 Å². The Bertz CT molecular complexity index is 859. The number of rotatable bonds is 5. The van der Waals surface area contributed by atoms with E-state index in [0.717, 1.165) is 54.6 Å². The van der Waals surface area contributed by atoms with Crippen LogP contribution in [0.5, 0.6) is 0 Å². The Kier molecular flexibility index (Phi) is 4.89. The van der Waals surface area contributed by atoms with Crippen molar-refractivity contribution in [1.29, 1.82) is 0 Å². The summed E-state index contributed by atoms with van der Waals surface area (Å²) in [6.07, 6.45) is 0. The summed E-state index contributed by atoms with van der Waals surface area (Å²) in [5.41, 5.74) is 2.52. The molecule has 6 nitrogen and oxygen atoms in total. The Balaban J connectivity index is 1.42. The minimum Gasteiger partial charge on any atom is -0.423 e. The largest absolute Gasteiger partial charge is 0.423 e. The van der Waals surface area contributed by atoms with Crippen LogP contribution < -0.4 is 4.90 Å². The van der Waals surface area contributed by atoms with Crippen molar-refractivity contribution in [3.05, 3.63) is 39.3 Å². The summed E-state index contributed by atoms with van der Waals surface area (Å²) < 4.78 is 11.2. The molecular weight excluding hydrogens is 360 g/mol. The van der Waals surface area contributed by atoms with E-state index in [-0.39, 0.29) is 0 Å². The molecule has 0 unspecified atom stereocenters. The Hall–Kier alpha value is -1.67. The predicted octanol–water partition coefficient (Wildman–Crippen LogP) is 3.41. The second-order valence-electron chi connectivity index (χ2n) is 6.09. The lowest BCUT2D eigenvalue weighted by molar-refractivity contribution is 0.0341. The number of anilines is 1. The molecule has 25 heavy (non-hydrogen) atoms. The molecule has 0 radical (unpaired) electrons. The molecule has 1 saturated heterocycles.